The highest BCUT2D eigenvalue weighted by atomic mass is 15.0. The van der Waals surface area contributed by atoms with Gasteiger partial charge in [0, 0.05) is 62.1 Å². The normalized spacial score (nSPS) is 16.0. The molecule has 2 aromatic heterocycles. The summed E-state index contributed by atoms with van der Waals surface area (Å²) in [6, 6.07) is 90.8. The highest BCUT2D eigenvalue weighted by molar-refractivity contribution is 6.15. The number of nitrogens with zero attached hydrogens (tertiary/aromatic N) is 3. The van der Waals surface area contributed by atoms with Crippen molar-refractivity contribution in [3.8, 4) is 44.8 Å². The molecule has 13 rings (SSSR count). The molecule has 0 N–H and O–H groups in total. The number of rotatable bonds is 16. The van der Waals surface area contributed by atoms with Crippen LogP contribution in [0.15, 0.2) is 259 Å². The standard InChI is InChI=1S/C81H77N3/c1-7-57(42-40-54(4)58-27-13-10-14-28-58)79-56(6)41-48-69(63-34-25-33-62(52-63)60-31-17-12-18-32-60)66(8-2)80(82-79)67(9-3)78-72(68-35-20-19-26-55(68)5)49-50-73-74-53-65(83-75-38-23-21-36-70(75)71-37-22-24-39-76(71)83)47-51-77(74)84(81(73)78)64-45-43-61(44-46-64)59-29-15-11-16-30-59/h10-39,43-47,49-54,57,66-67,69H,7-9,40-42,48H2,1-6H3. The lowest BCUT2D eigenvalue weighted by molar-refractivity contribution is 0.450. The molecule has 12 aromatic rings. The lowest BCUT2D eigenvalue weighted by Gasteiger charge is -2.36. The van der Waals surface area contributed by atoms with Crippen molar-refractivity contribution >= 4 is 49.3 Å². The van der Waals surface area contributed by atoms with Crippen LogP contribution in [0.25, 0.3) is 88.4 Å². The molecule has 10 aromatic carbocycles. The number of allylic oxidation sites excluding steroid dienone is 2. The van der Waals surface area contributed by atoms with E-state index in [1.807, 2.05) is 0 Å². The van der Waals surface area contributed by atoms with Gasteiger partial charge < -0.3 is 9.13 Å². The Morgan fingerprint density at radius 2 is 1.07 bits per heavy atom. The molecule has 3 heterocycles. The first-order valence-corrected chi connectivity index (χ1v) is 31.1. The van der Waals surface area contributed by atoms with Gasteiger partial charge in [-0.3, -0.25) is 4.99 Å². The highest BCUT2D eigenvalue weighted by Crippen LogP contribution is 2.49. The summed E-state index contributed by atoms with van der Waals surface area (Å²) < 4.78 is 5.10. The molecule has 1 aliphatic heterocycles. The Balaban J connectivity index is 1.09. The second-order valence-electron chi connectivity index (χ2n) is 23.9. The molecular weight excluding hydrogens is 1010 g/mol. The van der Waals surface area contributed by atoms with Crippen LogP contribution in [0.5, 0.6) is 0 Å². The summed E-state index contributed by atoms with van der Waals surface area (Å²) in [6.07, 6.45) is 7.21. The number of para-hydroxylation sites is 2. The molecule has 0 saturated carbocycles. The van der Waals surface area contributed by atoms with Crippen LogP contribution in [0.1, 0.15) is 120 Å². The van der Waals surface area contributed by atoms with Crippen molar-refractivity contribution in [2.75, 3.05) is 0 Å². The summed E-state index contributed by atoms with van der Waals surface area (Å²) >= 11 is 0. The number of benzene rings is 10. The van der Waals surface area contributed by atoms with Crippen LogP contribution >= 0.6 is 0 Å². The largest absolute Gasteiger partial charge is 0.309 e. The molecule has 0 saturated heterocycles. The maximum absolute atomic E-state index is 6.45. The van der Waals surface area contributed by atoms with Gasteiger partial charge in [0.1, 0.15) is 0 Å². The third kappa shape index (κ3) is 10.1. The van der Waals surface area contributed by atoms with Crippen LogP contribution in [0.3, 0.4) is 0 Å². The van der Waals surface area contributed by atoms with Crippen molar-refractivity contribution in [2.24, 2.45) is 16.8 Å². The number of fused-ring (bicyclic) bond motifs is 6. The SMILES string of the molecule is CCC(CCC(C)c1ccccc1)C1=C(C)CCC(c2cccc(-c3ccccc3)c2)C(CC)C(C(CC)c2c(-c3ccccc3C)ccc3c4cc(-n5c6ccccc6c6ccccc65)ccc4n(-c4ccc(-c5ccccc5)cc4)c23)=N1. The highest BCUT2D eigenvalue weighted by Gasteiger charge is 2.37. The van der Waals surface area contributed by atoms with Crippen LogP contribution in [0.2, 0.25) is 0 Å². The number of hydrogen-bond donors (Lipinski definition) is 0. The number of aryl methyl sites for hydroxylation is 1. The average Bonchev–Trinajstić information content (AvgIpc) is 3.40. The molecule has 0 aliphatic carbocycles. The van der Waals surface area contributed by atoms with Gasteiger partial charge in [0.15, 0.2) is 0 Å². The van der Waals surface area contributed by atoms with Crippen molar-refractivity contribution in [2.45, 2.75) is 104 Å². The van der Waals surface area contributed by atoms with Crippen molar-refractivity contribution in [3.63, 3.8) is 0 Å². The number of aliphatic imine (C=N–C) groups is 1. The first-order valence-electron chi connectivity index (χ1n) is 31.1. The molecule has 0 spiro atoms. The van der Waals surface area contributed by atoms with E-state index in [0.29, 0.717) is 11.8 Å². The lowest BCUT2D eigenvalue weighted by Crippen LogP contribution is -2.30. The number of hydrogen-bond acceptors (Lipinski definition) is 1. The zero-order valence-electron chi connectivity index (χ0n) is 49.8. The van der Waals surface area contributed by atoms with Crippen molar-refractivity contribution in [3.05, 3.63) is 276 Å². The molecule has 1 aliphatic rings. The fourth-order valence-electron chi connectivity index (χ4n) is 14.6. The minimum Gasteiger partial charge on any atom is -0.309 e. The van der Waals surface area contributed by atoms with Crippen molar-refractivity contribution in [1.82, 2.24) is 9.13 Å². The molecule has 0 fully saturated rings. The van der Waals surface area contributed by atoms with Gasteiger partial charge in [-0.1, -0.05) is 233 Å². The summed E-state index contributed by atoms with van der Waals surface area (Å²) in [5.74, 6) is 1.19. The van der Waals surface area contributed by atoms with E-state index in [0.717, 1.165) is 56.3 Å². The van der Waals surface area contributed by atoms with Gasteiger partial charge >= 0.3 is 0 Å². The monoisotopic (exact) mass is 1090 g/mol. The zero-order valence-corrected chi connectivity index (χ0v) is 49.8. The Kier molecular flexibility index (Phi) is 15.4. The van der Waals surface area contributed by atoms with Crippen LogP contribution in [-0.4, -0.2) is 14.8 Å². The van der Waals surface area contributed by atoms with E-state index < -0.39 is 0 Å². The van der Waals surface area contributed by atoms with E-state index in [2.05, 4.69) is 293 Å². The average molecular weight is 1090 g/mol. The molecule has 3 heteroatoms. The Hall–Kier alpha value is -8.79. The summed E-state index contributed by atoms with van der Waals surface area (Å²) in [5, 5.41) is 5.02. The molecule has 0 bridgehead atoms. The quantitative estimate of drug-likeness (QED) is 0.0920. The van der Waals surface area contributed by atoms with E-state index in [4.69, 9.17) is 4.99 Å². The fraction of sp³-hybridized carbons (Fsp3) is 0.222. The van der Waals surface area contributed by atoms with E-state index in [9.17, 15) is 0 Å². The summed E-state index contributed by atoms with van der Waals surface area (Å²) in [4.78, 5) is 6.45. The number of aromatic nitrogens is 2. The van der Waals surface area contributed by atoms with Gasteiger partial charge in [0.25, 0.3) is 0 Å². The Morgan fingerprint density at radius 3 is 1.74 bits per heavy atom. The maximum Gasteiger partial charge on any atom is 0.0585 e. The van der Waals surface area contributed by atoms with Gasteiger partial charge in [0.05, 0.1) is 22.1 Å². The molecule has 84 heavy (non-hydrogen) atoms. The third-order valence-electron chi connectivity index (χ3n) is 19.0. The van der Waals surface area contributed by atoms with E-state index >= 15 is 0 Å². The predicted octanol–water partition coefficient (Wildman–Crippen LogP) is 22.6. The summed E-state index contributed by atoms with van der Waals surface area (Å²) in [6.45, 7) is 14.4. The Labute approximate surface area is 497 Å². The molecule has 0 amide bonds. The van der Waals surface area contributed by atoms with E-state index in [1.165, 1.54) is 116 Å². The van der Waals surface area contributed by atoms with Crippen molar-refractivity contribution < 1.29 is 0 Å². The maximum atomic E-state index is 6.45. The molecule has 5 unspecified atom stereocenters. The third-order valence-corrected chi connectivity index (χ3v) is 19.0. The first-order chi connectivity index (χ1) is 41.3. The van der Waals surface area contributed by atoms with Gasteiger partial charge in [-0.25, -0.2) is 0 Å². The fourth-order valence-corrected chi connectivity index (χ4v) is 14.6. The minimum atomic E-state index is -0.0295. The van der Waals surface area contributed by atoms with Gasteiger partial charge in [-0.2, -0.15) is 0 Å². The molecule has 0 radical (unpaired) electrons. The second kappa shape index (κ2) is 23.8. The molecule has 3 nitrogen and oxygen atoms in total. The smallest absolute Gasteiger partial charge is 0.0585 e. The molecule has 5 atom stereocenters. The van der Waals surface area contributed by atoms with E-state index in [-0.39, 0.29) is 17.8 Å². The summed E-state index contributed by atoms with van der Waals surface area (Å²) in [5.41, 5.74) is 24.3. The molecular formula is C81H77N3. The Bertz CT molecular complexity index is 4310. The van der Waals surface area contributed by atoms with E-state index in [1.54, 1.807) is 0 Å². The first kappa shape index (κ1) is 54.5. The van der Waals surface area contributed by atoms with Gasteiger partial charge in [0.2, 0.25) is 0 Å². The zero-order chi connectivity index (χ0) is 57.3. The minimum absolute atomic E-state index is 0.0295. The van der Waals surface area contributed by atoms with Crippen LogP contribution < -0.4 is 0 Å². The van der Waals surface area contributed by atoms with Gasteiger partial charge in [-0.05, 0) is 169 Å². The Morgan fingerprint density at radius 1 is 0.476 bits per heavy atom. The van der Waals surface area contributed by atoms with Crippen LogP contribution in [-0.2, 0) is 0 Å². The molecule has 416 valence electrons. The second-order valence-corrected chi connectivity index (χ2v) is 23.9. The topological polar surface area (TPSA) is 22.2 Å². The lowest BCUT2D eigenvalue weighted by atomic mass is 9.70. The van der Waals surface area contributed by atoms with Crippen LogP contribution in [0, 0.1) is 18.8 Å². The van der Waals surface area contributed by atoms with Crippen molar-refractivity contribution in [1.29, 1.82) is 0 Å². The van der Waals surface area contributed by atoms with Crippen LogP contribution in [0.4, 0.5) is 0 Å². The van der Waals surface area contributed by atoms with Gasteiger partial charge in [-0.15, -0.1) is 0 Å². The predicted molar refractivity (Wildman–Crippen MR) is 359 cm³/mol. The summed E-state index contributed by atoms with van der Waals surface area (Å²) in [7, 11) is 0.